The van der Waals surface area contributed by atoms with Crippen molar-refractivity contribution in [1.82, 2.24) is 0 Å². The minimum atomic E-state index is -4.66. The van der Waals surface area contributed by atoms with Gasteiger partial charge in [-0.05, 0) is 6.92 Å². The smallest absolute Gasteiger partial charge is 0.373 e. The van der Waals surface area contributed by atoms with Crippen molar-refractivity contribution in [2.45, 2.75) is 55.6 Å². The molecule has 3 rings (SSSR count). The first-order valence-corrected chi connectivity index (χ1v) is 7.78. The Morgan fingerprint density at radius 3 is 2.46 bits per heavy atom. The van der Waals surface area contributed by atoms with Gasteiger partial charge in [0.15, 0.2) is 5.78 Å². The molecule has 9 heteroatoms. The first-order chi connectivity index (χ1) is 11.2. The summed E-state index contributed by atoms with van der Waals surface area (Å²) >= 11 is 0. The van der Waals surface area contributed by atoms with Crippen LogP contribution in [0.5, 0.6) is 0 Å². The van der Waals surface area contributed by atoms with Crippen LogP contribution in [0.15, 0.2) is 0 Å². The van der Waals surface area contributed by atoms with Crippen molar-refractivity contribution in [2.75, 3.05) is 27.4 Å². The van der Waals surface area contributed by atoms with Gasteiger partial charge >= 0.3 is 6.36 Å². The Labute approximate surface area is 137 Å². The molecule has 1 spiro atoms. The van der Waals surface area contributed by atoms with Gasteiger partial charge in [-0.2, -0.15) is 0 Å². The number of alkyl halides is 3. The molecule has 2 heterocycles. The van der Waals surface area contributed by atoms with Gasteiger partial charge in [0.05, 0.1) is 25.2 Å². The van der Waals surface area contributed by atoms with Gasteiger partial charge in [0.25, 0.3) is 0 Å². The molecular formula is C15H21F3O6. The summed E-state index contributed by atoms with van der Waals surface area (Å²) in [5.74, 6) is -0.571. The summed E-state index contributed by atoms with van der Waals surface area (Å²) in [5.41, 5.74) is -1.36. The van der Waals surface area contributed by atoms with Gasteiger partial charge < -0.3 is 18.9 Å². The van der Waals surface area contributed by atoms with Crippen molar-refractivity contribution < 1.29 is 41.7 Å². The molecule has 2 aliphatic heterocycles. The zero-order chi connectivity index (χ0) is 17.8. The molecule has 0 aromatic rings. The number of Topliss-reactive ketones (excluding diaryl/α,β-unsaturated/α-hetero) is 1. The number of rotatable bonds is 6. The summed E-state index contributed by atoms with van der Waals surface area (Å²) in [4.78, 5) is 12.5. The topological polar surface area (TPSA) is 69.8 Å². The van der Waals surface area contributed by atoms with E-state index in [1.165, 1.54) is 14.2 Å². The van der Waals surface area contributed by atoms with E-state index < -0.39 is 42.5 Å². The highest BCUT2D eigenvalue weighted by molar-refractivity contribution is 5.89. The number of ketones is 1. The van der Waals surface area contributed by atoms with E-state index >= 15 is 0 Å². The summed E-state index contributed by atoms with van der Waals surface area (Å²) in [6, 6.07) is 0. The monoisotopic (exact) mass is 354 g/mol. The number of ether oxygens (including phenoxy) is 5. The van der Waals surface area contributed by atoms with Crippen molar-refractivity contribution in [3.05, 3.63) is 0 Å². The Hall–Kier alpha value is -0.740. The summed E-state index contributed by atoms with van der Waals surface area (Å²) in [5, 5.41) is 0. The lowest BCUT2D eigenvalue weighted by Crippen LogP contribution is -2.58. The summed E-state index contributed by atoms with van der Waals surface area (Å²) in [6.45, 7) is 1.75. The van der Waals surface area contributed by atoms with Gasteiger partial charge in [0.2, 0.25) is 0 Å². The number of hydrogen-bond acceptors (Lipinski definition) is 6. The maximum Gasteiger partial charge on any atom is 0.522 e. The van der Waals surface area contributed by atoms with Crippen molar-refractivity contribution in [3.63, 3.8) is 0 Å². The third-order valence-corrected chi connectivity index (χ3v) is 5.29. The van der Waals surface area contributed by atoms with Gasteiger partial charge in [-0.25, -0.2) is 0 Å². The molecule has 24 heavy (non-hydrogen) atoms. The lowest BCUT2D eigenvalue weighted by Gasteiger charge is -2.40. The Morgan fingerprint density at radius 2 is 1.96 bits per heavy atom. The predicted molar refractivity (Wildman–Crippen MR) is 73.3 cm³/mol. The van der Waals surface area contributed by atoms with E-state index in [-0.39, 0.29) is 18.1 Å². The van der Waals surface area contributed by atoms with Crippen LogP contribution in [0.2, 0.25) is 0 Å². The molecule has 6 nitrogen and oxygen atoms in total. The van der Waals surface area contributed by atoms with E-state index in [9.17, 15) is 18.0 Å². The number of carbonyl (C=O) groups is 1. The molecule has 0 radical (unpaired) electrons. The molecule has 2 saturated heterocycles. The molecule has 6 atom stereocenters. The highest BCUT2D eigenvalue weighted by Crippen LogP contribution is 2.58. The Balaban J connectivity index is 1.70. The van der Waals surface area contributed by atoms with Gasteiger partial charge in [-0.15, -0.1) is 13.2 Å². The number of epoxide rings is 2. The normalized spacial score (nSPS) is 44.8. The predicted octanol–water partition coefficient (Wildman–Crippen LogP) is 1.46. The molecule has 138 valence electrons. The quantitative estimate of drug-likeness (QED) is 0.673. The molecule has 0 aromatic heterocycles. The Kier molecular flexibility index (Phi) is 4.45. The van der Waals surface area contributed by atoms with Crippen molar-refractivity contribution in [2.24, 2.45) is 5.92 Å². The van der Waals surface area contributed by atoms with E-state index in [4.69, 9.17) is 18.9 Å². The Bertz CT molecular complexity index is 506. The minimum absolute atomic E-state index is 0.0842. The van der Waals surface area contributed by atoms with Crippen molar-refractivity contribution >= 4 is 5.78 Å². The maximum atomic E-state index is 12.5. The van der Waals surface area contributed by atoms with E-state index in [1.807, 2.05) is 0 Å². The van der Waals surface area contributed by atoms with E-state index in [0.717, 1.165) is 0 Å². The highest BCUT2D eigenvalue weighted by Gasteiger charge is 2.73. The van der Waals surface area contributed by atoms with Crippen LogP contribution in [0.1, 0.15) is 19.8 Å². The van der Waals surface area contributed by atoms with Crippen LogP contribution in [-0.2, 0) is 28.5 Å². The number of carbonyl (C=O) groups excluding carboxylic acids is 1. The van der Waals surface area contributed by atoms with Gasteiger partial charge in [-0.3, -0.25) is 9.53 Å². The van der Waals surface area contributed by atoms with Crippen LogP contribution in [0, 0.1) is 5.92 Å². The van der Waals surface area contributed by atoms with Crippen LogP contribution in [0.4, 0.5) is 13.2 Å². The molecule has 3 fully saturated rings. The van der Waals surface area contributed by atoms with Crippen LogP contribution in [0.3, 0.4) is 0 Å². The first kappa shape index (κ1) is 18.1. The number of methoxy groups -OCH3 is 2. The largest absolute Gasteiger partial charge is 0.522 e. The number of hydrogen-bond donors (Lipinski definition) is 0. The fourth-order valence-electron chi connectivity index (χ4n) is 4.00. The first-order valence-electron chi connectivity index (χ1n) is 7.78. The summed E-state index contributed by atoms with van der Waals surface area (Å²) in [7, 11) is 2.88. The van der Waals surface area contributed by atoms with Gasteiger partial charge in [0.1, 0.15) is 23.4 Å². The van der Waals surface area contributed by atoms with Crippen LogP contribution in [0.25, 0.3) is 0 Å². The molecule has 3 aliphatic rings. The molecule has 0 bridgehead atoms. The number of halogens is 3. The molecule has 0 amide bonds. The van der Waals surface area contributed by atoms with E-state index in [2.05, 4.69) is 4.74 Å². The maximum absolute atomic E-state index is 12.5. The molecule has 0 N–H and O–H groups in total. The third kappa shape index (κ3) is 3.08. The lowest BCUT2D eigenvalue weighted by atomic mass is 9.68. The molecule has 1 unspecified atom stereocenters. The third-order valence-electron chi connectivity index (χ3n) is 5.29. The van der Waals surface area contributed by atoms with Crippen LogP contribution < -0.4 is 0 Å². The van der Waals surface area contributed by atoms with Gasteiger partial charge in [0, 0.05) is 27.1 Å². The fraction of sp³-hybridized carbons (Fsp3) is 0.933. The molecule has 1 saturated carbocycles. The molecular weight excluding hydrogens is 333 g/mol. The minimum Gasteiger partial charge on any atom is -0.373 e. The SMILES string of the molecule is CO[C@H]1C[C@]2(CO2)[C@@H](C2(C)O[C@@H]2CCOC(F)(F)F)[C@H](OC)C1=O. The van der Waals surface area contributed by atoms with Crippen molar-refractivity contribution in [1.29, 1.82) is 0 Å². The summed E-state index contributed by atoms with van der Waals surface area (Å²) in [6.07, 6.45) is -5.99. The second-order valence-electron chi connectivity index (χ2n) is 6.69. The zero-order valence-electron chi connectivity index (χ0n) is 13.7. The van der Waals surface area contributed by atoms with Crippen LogP contribution >= 0.6 is 0 Å². The van der Waals surface area contributed by atoms with Crippen molar-refractivity contribution in [3.8, 4) is 0 Å². The molecule has 1 aliphatic carbocycles. The standard InChI is InChI=1S/C15H21F3O6/c1-13(9(24-13)4-5-22-15(16,17)18)12-11(21-3)10(19)8(20-2)6-14(12)7-23-14/h8-9,11-12H,4-7H2,1-3H3/t8-,9+,11+,12+,13?,14-/m0/s1. The Morgan fingerprint density at radius 1 is 1.29 bits per heavy atom. The average Bonchev–Trinajstić information content (AvgIpc) is 3.39. The highest BCUT2D eigenvalue weighted by atomic mass is 19.4. The average molecular weight is 354 g/mol. The fourth-order valence-corrected chi connectivity index (χ4v) is 4.00. The van der Waals surface area contributed by atoms with E-state index in [1.54, 1.807) is 6.92 Å². The van der Waals surface area contributed by atoms with Gasteiger partial charge in [-0.1, -0.05) is 0 Å². The lowest BCUT2D eigenvalue weighted by molar-refractivity contribution is -0.324. The van der Waals surface area contributed by atoms with E-state index in [0.29, 0.717) is 13.0 Å². The van der Waals surface area contributed by atoms with Crippen LogP contribution in [-0.4, -0.2) is 69.1 Å². The second-order valence-corrected chi connectivity index (χ2v) is 6.69. The molecule has 0 aromatic carbocycles. The second kappa shape index (κ2) is 5.91. The summed E-state index contributed by atoms with van der Waals surface area (Å²) < 4.78 is 62.0. The zero-order valence-corrected chi connectivity index (χ0v) is 13.7.